The third-order valence-electron chi connectivity index (χ3n) is 9.46. The zero-order valence-electron chi connectivity index (χ0n) is 46.7. The molecule has 0 saturated carbocycles. The lowest BCUT2D eigenvalue weighted by Gasteiger charge is -2.42. The summed E-state index contributed by atoms with van der Waals surface area (Å²) in [6.45, 7) is 26.4. The lowest BCUT2D eigenvalue weighted by atomic mass is 10.0. The average molecular weight is 1050 g/mol. The molecule has 0 radical (unpaired) electrons. The number of nitrogens with zero attached hydrogens (tertiary/aromatic N) is 4. The van der Waals surface area contributed by atoms with Gasteiger partial charge in [-0.1, -0.05) is 0 Å². The van der Waals surface area contributed by atoms with Crippen LogP contribution >= 0.6 is 0 Å². The van der Waals surface area contributed by atoms with Crippen LogP contribution in [0.2, 0.25) is 0 Å². The molecule has 74 heavy (non-hydrogen) atoms. The Hall–Kier alpha value is -6.56. The van der Waals surface area contributed by atoms with Crippen molar-refractivity contribution in [3.8, 4) is 0 Å². The molecule has 0 aliphatic carbocycles. The SMILES string of the molecule is CC(OC(=O)C(CCCCNC(=O)OC(C)(C)C)NC(=O)OC(C)(C)C)C(OC(=O)C(CCCCNC(=O)OC(C)(C)C)NC(=O)OC(C)(C)C)C1CNc2nc(N=CN(C)C)[nH]c(=O)c2N1C(=O)OC(C)(C)C. The molecule has 420 valence electrons. The molecule has 6 N–H and O–H groups in total. The van der Waals surface area contributed by atoms with Crippen LogP contribution in [0.5, 0.6) is 0 Å². The molecule has 25 nitrogen and oxygen atoms in total. The molecule has 0 spiro atoms. The fourth-order valence-corrected chi connectivity index (χ4v) is 6.68. The van der Waals surface area contributed by atoms with Crippen molar-refractivity contribution < 1.29 is 66.7 Å². The highest BCUT2D eigenvalue weighted by molar-refractivity contribution is 5.94. The molecular weight excluding hydrogens is 969 g/mol. The van der Waals surface area contributed by atoms with E-state index in [0.717, 1.165) is 4.90 Å². The number of aromatic nitrogens is 2. The quantitative estimate of drug-likeness (QED) is 0.0265. The monoisotopic (exact) mass is 1050 g/mol. The van der Waals surface area contributed by atoms with Gasteiger partial charge in [0, 0.05) is 33.7 Å². The van der Waals surface area contributed by atoms with Gasteiger partial charge in [0.2, 0.25) is 5.95 Å². The summed E-state index contributed by atoms with van der Waals surface area (Å²) in [6.07, 6.45) is -4.88. The zero-order valence-corrected chi connectivity index (χ0v) is 46.7. The van der Waals surface area contributed by atoms with E-state index in [9.17, 15) is 38.4 Å². The molecule has 0 saturated heterocycles. The average Bonchev–Trinajstić information content (AvgIpc) is 3.20. The number of rotatable bonds is 20. The van der Waals surface area contributed by atoms with Gasteiger partial charge in [-0.25, -0.2) is 38.6 Å². The maximum atomic E-state index is 14.7. The Kier molecular flexibility index (Phi) is 23.3. The van der Waals surface area contributed by atoms with Crippen LogP contribution in [0.15, 0.2) is 9.79 Å². The molecule has 1 aliphatic rings. The number of hydrogen-bond donors (Lipinski definition) is 6. The summed E-state index contributed by atoms with van der Waals surface area (Å²) < 4.78 is 39.7. The lowest BCUT2D eigenvalue weighted by Crippen LogP contribution is -2.61. The second-order valence-electron chi connectivity index (χ2n) is 22.9. The normalized spacial score (nSPS) is 15.6. The summed E-state index contributed by atoms with van der Waals surface area (Å²) in [4.78, 5) is 122. The maximum Gasteiger partial charge on any atom is 0.415 e. The van der Waals surface area contributed by atoms with Gasteiger partial charge in [-0.05, 0) is 149 Å². The van der Waals surface area contributed by atoms with Gasteiger partial charge < -0.3 is 64.6 Å². The minimum atomic E-state index is -1.66. The summed E-state index contributed by atoms with van der Waals surface area (Å²) in [5.74, 6) is -2.24. The number of H-pyrrole nitrogens is 1. The van der Waals surface area contributed by atoms with Crippen molar-refractivity contribution in [2.24, 2.45) is 4.99 Å². The Balaban J connectivity index is 2.73. The van der Waals surface area contributed by atoms with Crippen molar-refractivity contribution >= 4 is 66.2 Å². The van der Waals surface area contributed by atoms with E-state index < -0.39 is 106 Å². The Morgan fingerprint density at radius 3 is 1.50 bits per heavy atom. The van der Waals surface area contributed by atoms with Crippen LogP contribution in [0.25, 0.3) is 0 Å². The molecular formula is C49H84N10O15. The second-order valence-corrected chi connectivity index (χ2v) is 22.9. The standard InChI is InChI=1S/C49H84N10O15/c1-29(68-37(61)30(54-42(65)72-47(8,9)10)23-19-21-25-50-40(63)70-45(2,3)4)34(69-38(62)31(55-43(66)73-48(11,12)13)24-20-22-26-51-41(64)71-46(5,6)7)32-27-52-35-33(59(32)44(67)74-49(14,15)16)36(60)57-39(56-35)53-28-58(17)18/h28-32,34H,19-27H2,1-18H3,(H,50,63)(H,51,64)(H,54,65)(H,55,66)(H2,52,56,57,60). The number of fused-ring (bicyclic) bond motifs is 1. The first-order valence-corrected chi connectivity index (χ1v) is 24.8. The van der Waals surface area contributed by atoms with Gasteiger partial charge >= 0.3 is 42.4 Å². The molecule has 1 aliphatic heterocycles. The van der Waals surface area contributed by atoms with E-state index >= 15 is 0 Å². The molecule has 5 amide bonds. The Morgan fingerprint density at radius 1 is 0.662 bits per heavy atom. The van der Waals surface area contributed by atoms with Crippen molar-refractivity contribution in [3.63, 3.8) is 0 Å². The predicted octanol–water partition coefficient (Wildman–Crippen LogP) is 6.55. The van der Waals surface area contributed by atoms with Gasteiger partial charge in [-0.2, -0.15) is 4.98 Å². The molecule has 0 bridgehead atoms. The zero-order chi connectivity index (χ0) is 56.6. The number of nitrogens with one attached hydrogen (secondary N) is 6. The topological polar surface area (TPSA) is 309 Å². The first kappa shape index (κ1) is 63.6. The third kappa shape index (κ3) is 24.9. The van der Waals surface area contributed by atoms with Crippen molar-refractivity contribution in [3.05, 3.63) is 10.4 Å². The lowest BCUT2D eigenvalue weighted by molar-refractivity contribution is -0.171. The first-order valence-electron chi connectivity index (χ1n) is 24.8. The number of anilines is 2. The van der Waals surface area contributed by atoms with E-state index in [2.05, 4.69) is 41.5 Å². The van der Waals surface area contributed by atoms with E-state index in [4.69, 9.17) is 33.2 Å². The minimum Gasteiger partial charge on any atom is -0.457 e. The Morgan fingerprint density at radius 2 is 1.08 bits per heavy atom. The highest BCUT2D eigenvalue weighted by Crippen LogP contribution is 2.33. The summed E-state index contributed by atoms with van der Waals surface area (Å²) >= 11 is 0. The minimum absolute atomic E-state index is 0.0159. The van der Waals surface area contributed by atoms with Crippen LogP contribution in [0.4, 0.5) is 41.4 Å². The molecule has 1 aromatic heterocycles. The summed E-state index contributed by atoms with van der Waals surface area (Å²) in [7, 11) is 3.42. The first-order chi connectivity index (χ1) is 33.8. The summed E-state index contributed by atoms with van der Waals surface area (Å²) in [5.41, 5.74) is -5.71. The van der Waals surface area contributed by atoms with E-state index in [1.54, 1.807) is 123 Å². The number of aliphatic imine (C=N–C) groups is 1. The summed E-state index contributed by atoms with van der Waals surface area (Å²) in [5, 5.41) is 13.5. The molecule has 2 heterocycles. The number of aromatic amines is 1. The van der Waals surface area contributed by atoms with Crippen LogP contribution in [0.3, 0.4) is 0 Å². The molecule has 0 aromatic carbocycles. The Bertz CT molecular complexity index is 2170. The van der Waals surface area contributed by atoms with Crippen LogP contribution in [-0.4, -0.2) is 156 Å². The van der Waals surface area contributed by atoms with Crippen LogP contribution in [-0.2, 0) is 42.7 Å². The number of amides is 5. The van der Waals surface area contributed by atoms with Crippen molar-refractivity contribution in [1.82, 2.24) is 36.1 Å². The smallest absolute Gasteiger partial charge is 0.415 e. The second kappa shape index (κ2) is 27.1. The van der Waals surface area contributed by atoms with Crippen LogP contribution in [0, 0.1) is 0 Å². The largest absolute Gasteiger partial charge is 0.457 e. The van der Waals surface area contributed by atoms with Gasteiger partial charge in [0.15, 0.2) is 17.6 Å². The number of alkyl carbamates (subject to hydrolysis) is 4. The number of esters is 2. The van der Waals surface area contributed by atoms with E-state index in [-0.39, 0.29) is 62.8 Å². The van der Waals surface area contributed by atoms with Gasteiger partial charge in [-0.15, -0.1) is 0 Å². The van der Waals surface area contributed by atoms with Gasteiger partial charge in [0.1, 0.15) is 46.2 Å². The maximum absolute atomic E-state index is 14.7. The Labute approximate surface area is 435 Å². The van der Waals surface area contributed by atoms with Crippen molar-refractivity contribution in [1.29, 1.82) is 0 Å². The van der Waals surface area contributed by atoms with E-state index in [0.29, 0.717) is 12.8 Å². The number of unbranched alkanes of at least 4 members (excludes halogenated alkanes) is 2. The molecule has 25 heteroatoms. The highest BCUT2D eigenvalue weighted by Gasteiger charge is 2.47. The number of hydrogen-bond acceptors (Lipinski definition) is 18. The number of carbonyl (C=O) groups is 7. The van der Waals surface area contributed by atoms with Crippen LogP contribution in [0.1, 0.15) is 149 Å². The fourth-order valence-electron chi connectivity index (χ4n) is 6.68. The van der Waals surface area contributed by atoms with Crippen molar-refractivity contribution in [2.45, 2.75) is 208 Å². The molecule has 1 aromatic rings. The van der Waals surface area contributed by atoms with E-state index in [1.165, 1.54) is 13.3 Å². The molecule has 0 fully saturated rings. The van der Waals surface area contributed by atoms with Crippen molar-refractivity contribution in [2.75, 3.05) is 43.9 Å². The van der Waals surface area contributed by atoms with Gasteiger partial charge in [0.05, 0.1) is 12.4 Å². The fraction of sp³-hybridized carbons (Fsp3) is 0.755. The third-order valence-corrected chi connectivity index (χ3v) is 9.46. The number of ether oxygens (including phenoxy) is 7. The molecule has 5 unspecified atom stereocenters. The molecule has 2 rings (SSSR count). The highest BCUT2D eigenvalue weighted by atomic mass is 16.6. The van der Waals surface area contributed by atoms with Crippen LogP contribution < -0.4 is 37.0 Å². The molecule has 5 atom stereocenters. The van der Waals surface area contributed by atoms with E-state index in [1.807, 2.05) is 0 Å². The van der Waals surface area contributed by atoms with Gasteiger partial charge in [0.25, 0.3) is 5.56 Å². The number of carbonyl (C=O) groups excluding carboxylic acids is 7. The van der Waals surface area contributed by atoms with Gasteiger partial charge in [-0.3, -0.25) is 14.7 Å². The predicted molar refractivity (Wildman–Crippen MR) is 276 cm³/mol. The summed E-state index contributed by atoms with van der Waals surface area (Å²) in [6, 6.07) is -4.19.